The zero-order chi connectivity index (χ0) is 13.9. The van der Waals surface area contributed by atoms with Gasteiger partial charge in [-0.2, -0.15) is 0 Å². The first-order chi connectivity index (χ1) is 9.72. The number of nitrogens with one attached hydrogen (secondary N) is 1. The predicted octanol–water partition coefficient (Wildman–Crippen LogP) is 4.59. The van der Waals surface area contributed by atoms with Crippen LogP contribution in [0.15, 0.2) is 59.0 Å². The van der Waals surface area contributed by atoms with Gasteiger partial charge in [-0.05, 0) is 31.5 Å². The number of benzene rings is 2. The molecule has 0 fully saturated rings. The summed E-state index contributed by atoms with van der Waals surface area (Å²) in [6.45, 7) is 5.10. The number of rotatable bonds is 4. The molecule has 2 heteroatoms. The molecule has 0 aliphatic carbocycles. The second-order valence-corrected chi connectivity index (χ2v) is 5.28. The van der Waals surface area contributed by atoms with E-state index in [-0.39, 0.29) is 6.04 Å². The van der Waals surface area contributed by atoms with Crippen molar-refractivity contribution in [3.8, 4) is 0 Å². The van der Waals surface area contributed by atoms with Crippen LogP contribution in [0.2, 0.25) is 0 Å². The quantitative estimate of drug-likeness (QED) is 0.746. The van der Waals surface area contributed by atoms with Gasteiger partial charge in [0.1, 0.15) is 11.3 Å². The molecule has 0 bridgehead atoms. The Kier molecular flexibility index (Phi) is 3.57. The average molecular weight is 265 g/mol. The summed E-state index contributed by atoms with van der Waals surface area (Å²) < 4.78 is 5.88. The number of furan rings is 1. The highest BCUT2D eigenvalue weighted by molar-refractivity contribution is 5.77. The van der Waals surface area contributed by atoms with Crippen LogP contribution in [0.4, 0.5) is 0 Å². The first kappa shape index (κ1) is 12.9. The summed E-state index contributed by atoms with van der Waals surface area (Å²) in [4.78, 5) is 0. The molecule has 1 aromatic heterocycles. The maximum atomic E-state index is 5.88. The van der Waals surface area contributed by atoms with Gasteiger partial charge in [-0.1, -0.05) is 48.0 Å². The summed E-state index contributed by atoms with van der Waals surface area (Å²) in [5, 5.41) is 4.67. The van der Waals surface area contributed by atoms with Gasteiger partial charge in [0.2, 0.25) is 0 Å². The molecule has 1 atom stereocenters. The molecule has 1 unspecified atom stereocenters. The summed E-state index contributed by atoms with van der Waals surface area (Å²) in [5.41, 5.74) is 3.54. The molecule has 0 saturated carbocycles. The molecule has 0 saturated heterocycles. The van der Waals surface area contributed by atoms with Crippen molar-refractivity contribution in [2.24, 2.45) is 0 Å². The Bertz CT molecular complexity index is 681. The van der Waals surface area contributed by atoms with Crippen LogP contribution in [0.25, 0.3) is 11.0 Å². The number of hydrogen-bond donors (Lipinski definition) is 1. The van der Waals surface area contributed by atoms with Gasteiger partial charge in [-0.15, -0.1) is 0 Å². The summed E-state index contributed by atoms with van der Waals surface area (Å²) in [6, 6.07) is 19.0. The topological polar surface area (TPSA) is 25.2 Å². The number of para-hydroxylation sites is 1. The van der Waals surface area contributed by atoms with Gasteiger partial charge < -0.3 is 9.73 Å². The molecule has 2 aromatic carbocycles. The van der Waals surface area contributed by atoms with Crippen LogP contribution in [0, 0.1) is 6.92 Å². The third-order valence-electron chi connectivity index (χ3n) is 3.57. The van der Waals surface area contributed by atoms with E-state index in [1.165, 1.54) is 11.1 Å². The number of hydrogen-bond acceptors (Lipinski definition) is 2. The molecule has 102 valence electrons. The second kappa shape index (κ2) is 5.51. The van der Waals surface area contributed by atoms with Crippen LogP contribution in [0.3, 0.4) is 0 Å². The molecule has 1 N–H and O–H groups in total. The van der Waals surface area contributed by atoms with Gasteiger partial charge in [0.25, 0.3) is 0 Å². The van der Waals surface area contributed by atoms with E-state index in [0.29, 0.717) is 0 Å². The number of aryl methyl sites for hydroxylation is 1. The minimum atomic E-state index is 0.197. The largest absolute Gasteiger partial charge is 0.459 e. The maximum Gasteiger partial charge on any atom is 0.134 e. The lowest BCUT2D eigenvalue weighted by molar-refractivity contribution is 0.451. The highest BCUT2D eigenvalue weighted by Gasteiger charge is 2.10. The third kappa shape index (κ3) is 2.75. The van der Waals surface area contributed by atoms with E-state index in [1.54, 1.807) is 0 Å². The fourth-order valence-electron chi connectivity index (χ4n) is 2.41. The lowest BCUT2D eigenvalue weighted by Gasteiger charge is -2.11. The van der Waals surface area contributed by atoms with Crippen molar-refractivity contribution in [2.75, 3.05) is 0 Å². The SMILES string of the molecule is Cc1cccc(CNC(C)c2cc3ccccc3o2)c1. The molecule has 1 heterocycles. The van der Waals surface area contributed by atoms with Crippen molar-refractivity contribution < 1.29 is 4.42 Å². The van der Waals surface area contributed by atoms with Crippen molar-refractivity contribution in [3.63, 3.8) is 0 Å². The van der Waals surface area contributed by atoms with E-state index in [4.69, 9.17) is 4.42 Å². The van der Waals surface area contributed by atoms with E-state index >= 15 is 0 Å². The van der Waals surface area contributed by atoms with Crippen LogP contribution in [-0.2, 0) is 6.54 Å². The van der Waals surface area contributed by atoms with Gasteiger partial charge in [0, 0.05) is 11.9 Å². The molecule has 0 radical (unpaired) electrons. The van der Waals surface area contributed by atoms with Crippen molar-refractivity contribution in [2.45, 2.75) is 26.4 Å². The number of fused-ring (bicyclic) bond motifs is 1. The molecule has 3 rings (SSSR count). The van der Waals surface area contributed by atoms with E-state index in [0.717, 1.165) is 23.3 Å². The summed E-state index contributed by atoms with van der Waals surface area (Å²) >= 11 is 0. The zero-order valence-corrected chi connectivity index (χ0v) is 11.9. The van der Waals surface area contributed by atoms with Gasteiger partial charge in [0.05, 0.1) is 6.04 Å². The van der Waals surface area contributed by atoms with Crippen molar-refractivity contribution in [1.82, 2.24) is 5.32 Å². The van der Waals surface area contributed by atoms with Gasteiger partial charge in [-0.3, -0.25) is 0 Å². The van der Waals surface area contributed by atoms with Gasteiger partial charge in [-0.25, -0.2) is 0 Å². The van der Waals surface area contributed by atoms with E-state index in [2.05, 4.69) is 55.6 Å². The summed E-state index contributed by atoms with van der Waals surface area (Å²) in [5.74, 6) is 0.985. The lowest BCUT2D eigenvalue weighted by Crippen LogP contribution is -2.17. The zero-order valence-electron chi connectivity index (χ0n) is 11.9. The van der Waals surface area contributed by atoms with Crippen molar-refractivity contribution in [1.29, 1.82) is 0 Å². The minimum Gasteiger partial charge on any atom is -0.459 e. The monoisotopic (exact) mass is 265 g/mol. The molecule has 0 aliphatic heterocycles. The second-order valence-electron chi connectivity index (χ2n) is 5.28. The van der Waals surface area contributed by atoms with Gasteiger partial charge >= 0.3 is 0 Å². The van der Waals surface area contributed by atoms with Crippen LogP contribution in [0.5, 0.6) is 0 Å². The van der Waals surface area contributed by atoms with Crippen LogP contribution < -0.4 is 5.32 Å². The standard InChI is InChI=1S/C18H19NO/c1-13-6-5-7-15(10-13)12-19-14(2)18-11-16-8-3-4-9-17(16)20-18/h3-11,14,19H,12H2,1-2H3. The van der Waals surface area contributed by atoms with Crippen LogP contribution in [-0.4, -0.2) is 0 Å². The van der Waals surface area contributed by atoms with Crippen LogP contribution >= 0.6 is 0 Å². The highest BCUT2D eigenvalue weighted by atomic mass is 16.3. The molecular weight excluding hydrogens is 246 g/mol. The molecule has 0 amide bonds. The van der Waals surface area contributed by atoms with E-state index < -0.39 is 0 Å². The Balaban J connectivity index is 1.71. The van der Waals surface area contributed by atoms with Crippen LogP contribution in [0.1, 0.15) is 29.9 Å². The Labute approximate surface area is 119 Å². The predicted molar refractivity (Wildman–Crippen MR) is 82.6 cm³/mol. The highest BCUT2D eigenvalue weighted by Crippen LogP contribution is 2.23. The Hall–Kier alpha value is -2.06. The minimum absolute atomic E-state index is 0.197. The normalized spacial score (nSPS) is 12.7. The first-order valence-electron chi connectivity index (χ1n) is 7.00. The maximum absolute atomic E-state index is 5.88. The van der Waals surface area contributed by atoms with Crippen molar-refractivity contribution in [3.05, 3.63) is 71.5 Å². The molecular formula is C18H19NO. The lowest BCUT2D eigenvalue weighted by atomic mass is 10.1. The van der Waals surface area contributed by atoms with E-state index in [9.17, 15) is 0 Å². The first-order valence-corrected chi connectivity index (χ1v) is 7.00. The third-order valence-corrected chi connectivity index (χ3v) is 3.57. The molecule has 2 nitrogen and oxygen atoms in total. The summed E-state index contributed by atoms with van der Waals surface area (Å²) in [7, 11) is 0. The Morgan fingerprint density at radius 1 is 1.05 bits per heavy atom. The molecule has 0 spiro atoms. The average Bonchev–Trinajstić information content (AvgIpc) is 2.89. The molecule has 20 heavy (non-hydrogen) atoms. The van der Waals surface area contributed by atoms with E-state index in [1.807, 2.05) is 18.2 Å². The summed E-state index contributed by atoms with van der Waals surface area (Å²) in [6.07, 6.45) is 0. The van der Waals surface area contributed by atoms with Crippen molar-refractivity contribution >= 4 is 11.0 Å². The van der Waals surface area contributed by atoms with Gasteiger partial charge in [0.15, 0.2) is 0 Å². The fraction of sp³-hybridized carbons (Fsp3) is 0.222. The Morgan fingerprint density at radius 2 is 1.90 bits per heavy atom. The molecule has 0 aliphatic rings. The smallest absolute Gasteiger partial charge is 0.134 e. The fourth-order valence-corrected chi connectivity index (χ4v) is 2.41. The molecule has 3 aromatic rings. The Morgan fingerprint density at radius 3 is 2.70 bits per heavy atom.